The standard InChI is InChI=1S/C18H15N3O4/c1-2-11-5-3-8-14-15(10-19-16(11)14)17(22)18(23)20-12-6-4-7-13(9-12)21(24)25/h3-10,19H,2H2,1H3,(H,20,23). The third-order valence-corrected chi connectivity index (χ3v) is 3.95. The Balaban J connectivity index is 1.87. The zero-order valence-corrected chi connectivity index (χ0v) is 13.4. The maximum Gasteiger partial charge on any atom is 0.296 e. The average Bonchev–Trinajstić information content (AvgIpc) is 3.05. The number of anilines is 1. The van der Waals surface area contributed by atoms with E-state index in [0.29, 0.717) is 5.39 Å². The Morgan fingerprint density at radius 1 is 1.20 bits per heavy atom. The number of ketones is 1. The van der Waals surface area contributed by atoms with Gasteiger partial charge in [0.1, 0.15) is 0 Å². The van der Waals surface area contributed by atoms with E-state index in [2.05, 4.69) is 10.3 Å². The smallest absolute Gasteiger partial charge is 0.296 e. The van der Waals surface area contributed by atoms with Gasteiger partial charge in [0.25, 0.3) is 17.4 Å². The van der Waals surface area contributed by atoms with Gasteiger partial charge in [0.15, 0.2) is 0 Å². The molecular formula is C18H15N3O4. The monoisotopic (exact) mass is 337 g/mol. The lowest BCUT2D eigenvalue weighted by molar-refractivity contribution is -0.384. The van der Waals surface area contributed by atoms with Crippen LogP contribution in [0.4, 0.5) is 11.4 Å². The van der Waals surface area contributed by atoms with Crippen LogP contribution in [0.3, 0.4) is 0 Å². The number of nitrogens with one attached hydrogen (secondary N) is 2. The van der Waals surface area contributed by atoms with E-state index in [1.165, 1.54) is 30.5 Å². The Bertz CT molecular complexity index is 991. The van der Waals surface area contributed by atoms with Gasteiger partial charge >= 0.3 is 0 Å². The lowest BCUT2D eigenvalue weighted by Gasteiger charge is -2.04. The number of fused-ring (bicyclic) bond motifs is 1. The van der Waals surface area contributed by atoms with Gasteiger partial charge in [0.2, 0.25) is 0 Å². The summed E-state index contributed by atoms with van der Waals surface area (Å²) in [6, 6.07) is 11.0. The average molecular weight is 337 g/mol. The van der Waals surface area contributed by atoms with Crippen LogP contribution in [0.15, 0.2) is 48.7 Å². The van der Waals surface area contributed by atoms with Crippen molar-refractivity contribution >= 4 is 34.0 Å². The summed E-state index contributed by atoms with van der Waals surface area (Å²) in [7, 11) is 0. The fraction of sp³-hybridized carbons (Fsp3) is 0.111. The fourth-order valence-electron chi connectivity index (χ4n) is 2.71. The summed E-state index contributed by atoms with van der Waals surface area (Å²) in [5, 5.41) is 13.9. The number of hydrogen-bond donors (Lipinski definition) is 2. The summed E-state index contributed by atoms with van der Waals surface area (Å²) in [5.41, 5.74) is 2.19. The Morgan fingerprint density at radius 2 is 1.96 bits per heavy atom. The molecule has 0 aliphatic heterocycles. The van der Waals surface area contributed by atoms with E-state index >= 15 is 0 Å². The Morgan fingerprint density at radius 3 is 2.68 bits per heavy atom. The van der Waals surface area contributed by atoms with E-state index in [4.69, 9.17) is 0 Å². The molecule has 0 aliphatic carbocycles. The molecule has 1 aromatic heterocycles. The molecule has 0 bridgehead atoms. The molecule has 3 rings (SSSR count). The van der Waals surface area contributed by atoms with Gasteiger partial charge < -0.3 is 10.3 Å². The number of hydrogen-bond acceptors (Lipinski definition) is 4. The van der Waals surface area contributed by atoms with Crippen molar-refractivity contribution < 1.29 is 14.5 Å². The Hall–Kier alpha value is -3.48. The van der Waals surface area contributed by atoms with Crippen LogP contribution in [0.5, 0.6) is 0 Å². The number of amides is 1. The highest BCUT2D eigenvalue weighted by atomic mass is 16.6. The van der Waals surface area contributed by atoms with E-state index in [9.17, 15) is 19.7 Å². The number of H-pyrrole nitrogens is 1. The molecule has 0 atom stereocenters. The largest absolute Gasteiger partial charge is 0.360 e. The van der Waals surface area contributed by atoms with Crippen LogP contribution in [-0.2, 0) is 11.2 Å². The van der Waals surface area contributed by atoms with E-state index in [-0.39, 0.29) is 16.9 Å². The molecule has 7 heteroatoms. The van der Waals surface area contributed by atoms with Crippen LogP contribution < -0.4 is 5.32 Å². The van der Waals surface area contributed by atoms with Crippen molar-refractivity contribution in [1.29, 1.82) is 0 Å². The molecule has 0 saturated carbocycles. The SMILES string of the molecule is CCc1cccc2c(C(=O)C(=O)Nc3cccc([N+](=O)[O-])c3)c[nH]c12. The molecule has 0 fully saturated rings. The van der Waals surface area contributed by atoms with Crippen molar-refractivity contribution in [2.45, 2.75) is 13.3 Å². The Kier molecular flexibility index (Phi) is 4.30. The minimum absolute atomic E-state index is 0.162. The maximum atomic E-state index is 12.5. The third kappa shape index (κ3) is 3.12. The molecule has 2 N–H and O–H groups in total. The summed E-state index contributed by atoms with van der Waals surface area (Å²) in [5.74, 6) is -1.55. The van der Waals surface area contributed by atoms with Crippen molar-refractivity contribution in [3.8, 4) is 0 Å². The number of para-hydroxylation sites is 1. The Labute approximate surface area is 142 Å². The van der Waals surface area contributed by atoms with Gasteiger partial charge in [-0.1, -0.05) is 31.2 Å². The summed E-state index contributed by atoms with van der Waals surface area (Å²) in [4.78, 5) is 38.0. The summed E-state index contributed by atoms with van der Waals surface area (Å²) in [6.45, 7) is 2.01. The number of nitrogens with zero attached hydrogens (tertiary/aromatic N) is 1. The van der Waals surface area contributed by atoms with Gasteiger partial charge in [-0.2, -0.15) is 0 Å². The number of carbonyl (C=O) groups excluding carboxylic acids is 2. The predicted octanol–water partition coefficient (Wildman–Crippen LogP) is 3.46. The number of nitro groups is 1. The number of Topliss-reactive ketones (excluding diaryl/α,β-unsaturated/α-hetero) is 1. The highest BCUT2D eigenvalue weighted by Crippen LogP contribution is 2.23. The third-order valence-electron chi connectivity index (χ3n) is 3.95. The number of carbonyl (C=O) groups is 2. The molecule has 126 valence electrons. The highest BCUT2D eigenvalue weighted by molar-refractivity contribution is 6.48. The first-order valence-corrected chi connectivity index (χ1v) is 7.70. The zero-order valence-electron chi connectivity index (χ0n) is 13.4. The van der Waals surface area contributed by atoms with Crippen LogP contribution in [0.2, 0.25) is 0 Å². The summed E-state index contributed by atoms with van der Waals surface area (Å²) in [6.07, 6.45) is 2.31. The first kappa shape index (κ1) is 16.4. The molecule has 7 nitrogen and oxygen atoms in total. The molecule has 25 heavy (non-hydrogen) atoms. The zero-order chi connectivity index (χ0) is 18.0. The normalized spacial score (nSPS) is 10.6. The number of aromatic amines is 1. The number of non-ortho nitro benzene ring substituents is 1. The highest BCUT2D eigenvalue weighted by Gasteiger charge is 2.21. The maximum absolute atomic E-state index is 12.5. The van der Waals surface area contributed by atoms with Crippen molar-refractivity contribution in [3.05, 3.63) is 69.9 Å². The molecule has 0 radical (unpaired) electrons. The van der Waals surface area contributed by atoms with Gasteiger partial charge in [-0.15, -0.1) is 0 Å². The number of aromatic nitrogens is 1. The first-order valence-electron chi connectivity index (χ1n) is 7.70. The molecule has 3 aromatic rings. The molecule has 0 saturated heterocycles. The number of rotatable bonds is 5. The van der Waals surface area contributed by atoms with Crippen molar-refractivity contribution in [2.75, 3.05) is 5.32 Å². The second-order valence-electron chi connectivity index (χ2n) is 5.49. The number of aryl methyl sites for hydroxylation is 1. The lowest BCUT2D eigenvalue weighted by Crippen LogP contribution is -2.22. The van der Waals surface area contributed by atoms with E-state index < -0.39 is 16.6 Å². The molecule has 0 aliphatic rings. The molecule has 1 amide bonds. The molecular weight excluding hydrogens is 322 g/mol. The topological polar surface area (TPSA) is 105 Å². The van der Waals surface area contributed by atoms with Crippen LogP contribution >= 0.6 is 0 Å². The first-order chi connectivity index (χ1) is 12.0. The van der Waals surface area contributed by atoms with Crippen LogP contribution in [-0.4, -0.2) is 21.6 Å². The van der Waals surface area contributed by atoms with E-state index in [1.54, 1.807) is 6.07 Å². The van der Waals surface area contributed by atoms with Gasteiger partial charge in [-0.3, -0.25) is 19.7 Å². The van der Waals surface area contributed by atoms with Gasteiger partial charge in [-0.05, 0) is 18.1 Å². The number of nitro benzene ring substituents is 1. The van der Waals surface area contributed by atoms with Crippen molar-refractivity contribution in [3.63, 3.8) is 0 Å². The van der Waals surface area contributed by atoms with Crippen LogP contribution in [0, 0.1) is 10.1 Å². The fourth-order valence-corrected chi connectivity index (χ4v) is 2.71. The van der Waals surface area contributed by atoms with Gasteiger partial charge in [0, 0.05) is 34.9 Å². The number of benzene rings is 2. The molecule has 2 aromatic carbocycles. The second kappa shape index (κ2) is 6.56. The quantitative estimate of drug-likeness (QED) is 0.322. The summed E-state index contributed by atoms with van der Waals surface area (Å²) < 4.78 is 0. The molecule has 0 unspecified atom stereocenters. The molecule has 0 spiro atoms. The van der Waals surface area contributed by atoms with Gasteiger partial charge in [-0.25, -0.2) is 0 Å². The van der Waals surface area contributed by atoms with E-state index in [0.717, 1.165) is 17.5 Å². The van der Waals surface area contributed by atoms with E-state index in [1.807, 2.05) is 19.1 Å². The molecule has 1 heterocycles. The summed E-state index contributed by atoms with van der Waals surface area (Å²) >= 11 is 0. The van der Waals surface area contributed by atoms with Crippen LogP contribution in [0.25, 0.3) is 10.9 Å². The predicted molar refractivity (Wildman–Crippen MR) is 93.7 cm³/mol. The second-order valence-corrected chi connectivity index (χ2v) is 5.49. The van der Waals surface area contributed by atoms with Crippen molar-refractivity contribution in [2.24, 2.45) is 0 Å². The van der Waals surface area contributed by atoms with Crippen LogP contribution in [0.1, 0.15) is 22.8 Å². The van der Waals surface area contributed by atoms with Crippen molar-refractivity contribution in [1.82, 2.24) is 4.98 Å². The lowest BCUT2D eigenvalue weighted by atomic mass is 10.0. The minimum atomic E-state index is -0.844. The van der Waals surface area contributed by atoms with Gasteiger partial charge in [0.05, 0.1) is 10.5 Å². The minimum Gasteiger partial charge on any atom is -0.360 e.